The molecule has 0 aromatic rings. The van der Waals surface area contributed by atoms with Crippen LogP contribution in [0.5, 0.6) is 0 Å². The van der Waals surface area contributed by atoms with Gasteiger partial charge in [-0.05, 0) is 19.3 Å². The average molecular weight is 229 g/mol. The highest BCUT2D eigenvalue weighted by Crippen LogP contribution is 2.04. The molecule has 0 saturated carbocycles. The van der Waals surface area contributed by atoms with E-state index in [1.54, 1.807) is 0 Å². The van der Waals surface area contributed by atoms with Crippen LogP contribution in [-0.4, -0.2) is 24.2 Å². The van der Waals surface area contributed by atoms with Crippen LogP contribution in [0.25, 0.3) is 0 Å². The van der Waals surface area contributed by atoms with Crippen molar-refractivity contribution in [2.45, 2.75) is 64.7 Å². The summed E-state index contributed by atoms with van der Waals surface area (Å²) in [6.45, 7) is 3.21. The summed E-state index contributed by atoms with van der Waals surface area (Å²) in [5.41, 5.74) is 0. The first-order chi connectivity index (χ1) is 7.81. The Labute approximate surface area is 99.6 Å². The van der Waals surface area contributed by atoms with E-state index in [-0.39, 0.29) is 12.5 Å². The Balaban J connectivity index is 3.09. The quantitative estimate of drug-likeness (QED) is 0.535. The number of amides is 1. The second-order valence-electron chi connectivity index (χ2n) is 4.30. The lowest BCUT2D eigenvalue weighted by Crippen LogP contribution is -2.24. The second-order valence-corrected chi connectivity index (χ2v) is 4.30. The number of carbonyl (C=O) groups is 1. The predicted octanol–water partition coefficient (Wildman–Crippen LogP) is 2.63. The molecular formula is C13H27NO2. The number of rotatable bonds is 11. The number of hydrogen-bond acceptors (Lipinski definition) is 2. The lowest BCUT2D eigenvalue weighted by atomic mass is 10.1. The molecule has 0 unspecified atom stereocenters. The fraction of sp³-hybridized carbons (Fsp3) is 0.923. The zero-order chi connectivity index (χ0) is 12.1. The fourth-order valence-corrected chi connectivity index (χ4v) is 1.62. The topological polar surface area (TPSA) is 49.3 Å². The van der Waals surface area contributed by atoms with E-state index in [4.69, 9.17) is 5.11 Å². The third kappa shape index (κ3) is 11.5. The summed E-state index contributed by atoms with van der Waals surface area (Å²) in [7, 11) is 0. The third-order valence-corrected chi connectivity index (χ3v) is 2.66. The van der Waals surface area contributed by atoms with E-state index in [2.05, 4.69) is 12.2 Å². The van der Waals surface area contributed by atoms with Gasteiger partial charge in [0.15, 0.2) is 0 Å². The lowest BCUT2D eigenvalue weighted by molar-refractivity contribution is -0.121. The summed E-state index contributed by atoms with van der Waals surface area (Å²) >= 11 is 0. The molecule has 1 amide bonds. The molecule has 0 bridgehead atoms. The van der Waals surface area contributed by atoms with Gasteiger partial charge in [-0.25, -0.2) is 0 Å². The van der Waals surface area contributed by atoms with E-state index in [1.165, 1.54) is 32.1 Å². The van der Waals surface area contributed by atoms with Crippen molar-refractivity contribution in [1.29, 1.82) is 0 Å². The Kier molecular flexibility index (Phi) is 12.1. The Bertz CT molecular complexity index is 160. The van der Waals surface area contributed by atoms with E-state index in [9.17, 15) is 4.79 Å². The van der Waals surface area contributed by atoms with Gasteiger partial charge in [0.25, 0.3) is 0 Å². The first-order valence-corrected chi connectivity index (χ1v) is 6.68. The maximum atomic E-state index is 11.3. The number of unbranched alkanes of at least 4 members (excludes halogenated alkanes) is 6. The number of aliphatic hydroxyl groups is 1. The van der Waals surface area contributed by atoms with Gasteiger partial charge in [-0.2, -0.15) is 0 Å². The molecule has 0 saturated heterocycles. The molecular weight excluding hydrogens is 202 g/mol. The van der Waals surface area contributed by atoms with Gasteiger partial charge in [0.2, 0.25) is 5.91 Å². The first kappa shape index (κ1) is 15.4. The van der Waals surface area contributed by atoms with Crippen LogP contribution >= 0.6 is 0 Å². The minimum absolute atomic E-state index is 0.127. The minimum Gasteiger partial charge on any atom is -0.396 e. The van der Waals surface area contributed by atoms with Crippen LogP contribution < -0.4 is 5.32 Å². The largest absolute Gasteiger partial charge is 0.396 e. The van der Waals surface area contributed by atoms with Crippen LogP contribution in [0.4, 0.5) is 0 Å². The van der Waals surface area contributed by atoms with Crippen molar-refractivity contribution >= 4 is 5.91 Å². The summed E-state index contributed by atoms with van der Waals surface area (Å²) in [5.74, 6) is 0.127. The molecule has 0 aliphatic rings. The molecule has 0 spiro atoms. The molecule has 0 fully saturated rings. The van der Waals surface area contributed by atoms with E-state index in [0.717, 1.165) is 25.8 Å². The molecule has 16 heavy (non-hydrogen) atoms. The van der Waals surface area contributed by atoms with Crippen molar-refractivity contribution in [1.82, 2.24) is 5.32 Å². The first-order valence-electron chi connectivity index (χ1n) is 6.68. The summed E-state index contributed by atoms with van der Waals surface area (Å²) in [4.78, 5) is 11.3. The monoisotopic (exact) mass is 229 g/mol. The summed E-state index contributed by atoms with van der Waals surface area (Å²) in [6, 6.07) is 0. The van der Waals surface area contributed by atoms with Crippen LogP contribution in [0.2, 0.25) is 0 Å². The smallest absolute Gasteiger partial charge is 0.219 e. The molecule has 2 N–H and O–H groups in total. The van der Waals surface area contributed by atoms with Gasteiger partial charge in [0.05, 0.1) is 0 Å². The number of carbonyl (C=O) groups excluding carboxylic acids is 1. The molecule has 0 rings (SSSR count). The normalized spacial score (nSPS) is 10.4. The molecule has 0 aromatic heterocycles. The maximum Gasteiger partial charge on any atom is 0.219 e. The van der Waals surface area contributed by atoms with Crippen LogP contribution in [0.3, 0.4) is 0 Å². The molecule has 0 atom stereocenters. The molecule has 0 heterocycles. The highest BCUT2D eigenvalue weighted by molar-refractivity contribution is 5.75. The molecule has 0 aliphatic carbocycles. The van der Waals surface area contributed by atoms with E-state index in [0.29, 0.717) is 6.42 Å². The minimum atomic E-state index is 0.127. The number of nitrogens with one attached hydrogen (secondary N) is 1. The third-order valence-electron chi connectivity index (χ3n) is 2.66. The number of aliphatic hydroxyl groups excluding tert-OH is 1. The molecule has 0 radical (unpaired) electrons. The average Bonchev–Trinajstić information content (AvgIpc) is 2.28. The zero-order valence-electron chi connectivity index (χ0n) is 10.6. The predicted molar refractivity (Wildman–Crippen MR) is 67.3 cm³/mol. The molecule has 0 aromatic carbocycles. The van der Waals surface area contributed by atoms with Crippen LogP contribution in [0, 0.1) is 0 Å². The van der Waals surface area contributed by atoms with Gasteiger partial charge in [-0.15, -0.1) is 0 Å². The van der Waals surface area contributed by atoms with Gasteiger partial charge < -0.3 is 10.4 Å². The number of hydrogen-bond donors (Lipinski definition) is 2. The van der Waals surface area contributed by atoms with Gasteiger partial charge in [0, 0.05) is 19.6 Å². The van der Waals surface area contributed by atoms with Gasteiger partial charge >= 0.3 is 0 Å². The van der Waals surface area contributed by atoms with Crippen molar-refractivity contribution in [2.75, 3.05) is 13.2 Å². The van der Waals surface area contributed by atoms with Gasteiger partial charge in [-0.3, -0.25) is 4.79 Å². The van der Waals surface area contributed by atoms with Gasteiger partial charge in [-0.1, -0.05) is 39.0 Å². The lowest BCUT2D eigenvalue weighted by Gasteiger charge is -2.04. The van der Waals surface area contributed by atoms with Crippen molar-refractivity contribution in [3.63, 3.8) is 0 Å². The standard InChI is InChI=1S/C13H27NO2/c1-2-3-4-5-6-8-11-14-13(16)10-7-9-12-15/h15H,2-12H2,1H3,(H,14,16). The molecule has 0 aliphatic heterocycles. The van der Waals surface area contributed by atoms with Crippen LogP contribution in [-0.2, 0) is 4.79 Å². The van der Waals surface area contributed by atoms with Crippen molar-refractivity contribution in [3.05, 3.63) is 0 Å². The van der Waals surface area contributed by atoms with E-state index >= 15 is 0 Å². The molecule has 3 nitrogen and oxygen atoms in total. The zero-order valence-corrected chi connectivity index (χ0v) is 10.6. The molecule has 96 valence electrons. The highest BCUT2D eigenvalue weighted by atomic mass is 16.2. The second kappa shape index (κ2) is 12.5. The SMILES string of the molecule is CCCCCCCCNC(=O)CCCCO. The Morgan fingerprint density at radius 1 is 1.00 bits per heavy atom. The van der Waals surface area contributed by atoms with Gasteiger partial charge in [0.1, 0.15) is 0 Å². The van der Waals surface area contributed by atoms with E-state index in [1.807, 2.05) is 0 Å². The summed E-state index contributed by atoms with van der Waals surface area (Å²) < 4.78 is 0. The van der Waals surface area contributed by atoms with Crippen molar-refractivity contribution < 1.29 is 9.90 Å². The summed E-state index contributed by atoms with van der Waals surface area (Å²) in [5, 5.41) is 11.5. The Morgan fingerprint density at radius 2 is 1.69 bits per heavy atom. The Hall–Kier alpha value is -0.570. The Morgan fingerprint density at radius 3 is 2.38 bits per heavy atom. The van der Waals surface area contributed by atoms with E-state index < -0.39 is 0 Å². The van der Waals surface area contributed by atoms with Crippen LogP contribution in [0.1, 0.15) is 64.7 Å². The van der Waals surface area contributed by atoms with Crippen molar-refractivity contribution in [3.8, 4) is 0 Å². The maximum absolute atomic E-state index is 11.3. The highest BCUT2D eigenvalue weighted by Gasteiger charge is 1.99. The summed E-state index contributed by atoms with van der Waals surface area (Å²) in [6.07, 6.45) is 9.59. The molecule has 3 heteroatoms. The van der Waals surface area contributed by atoms with Crippen LogP contribution in [0.15, 0.2) is 0 Å². The fourth-order valence-electron chi connectivity index (χ4n) is 1.62. The van der Waals surface area contributed by atoms with Crippen molar-refractivity contribution in [2.24, 2.45) is 0 Å².